The zero-order valence-corrected chi connectivity index (χ0v) is 48.8. The number of phosphoric ester groups is 2. The van der Waals surface area contributed by atoms with E-state index in [2.05, 4.69) is 23.1 Å². The Hall–Kier alpha value is -3.58. The molecule has 0 aromatic carbocycles. The molecule has 1 aromatic rings. The summed E-state index contributed by atoms with van der Waals surface area (Å²) in [4.78, 5) is 62.1. The van der Waals surface area contributed by atoms with Crippen LogP contribution in [0.5, 0.6) is 0 Å². The fourth-order valence-corrected chi connectivity index (χ4v) is 10.5. The van der Waals surface area contributed by atoms with Gasteiger partial charge in [-0.05, 0) is 56.9 Å². The normalized spacial score (nSPS) is 19.8. The molecule has 19 nitrogen and oxygen atoms in total. The number of ether oxygens (including phenoxy) is 3. The molecule has 0 bridgehead atoms. The average Bonchev–Trinajstić information content (AvgIpc) is 3.68. The number of aliphatic hydroxyl groups excluding tert-OH is 3. The lowest BCUT2D eigenvalue weighted by Crippen LogP contribution is -2.36. The molecule has 1 aliphatic rings. The third-order valence-electron chi connectivity index (χ3n) is 13.2. The first kappa shape index (κ1) is 70.5. The van der Waals surface area contributed by atoms with E-state index in [1.165, 1.54) is 102 Å². The topological polar surface area (TPSA) is 286 Å². The van der Waals surface area contributed by atoms with E-state index in [4.69, 9.17) is 29.0 Å². The number of aromatic nitrogens is 2. The molecule has 2 heterocycles. The Labute approximate surface area is 465 Å². The van der Waals surface area contributed by atoms with Crippen molar-refractivity contribution in [3.8, 4) is 0 Å². The predicted octanol–water partition coefficient (Wildman–Crippen LogP) is 11.9. The van der Waals surface area contributed by atoms with Crippen molar-refractivity contribution in [1.82, 2.24) is 9.55 Å². The highest BCUT2D eigenvalue weighted by atomic mass is 31.3. The summed E-state index contributed by atoms with van der Waals surface area (Å²) in [6, 6.07) is 1.24. The molecule has 7 N–H and O–H groups in total. The van der Waals surface area contributed by atoms with Crippen molar-refractivity contribution in [2.75, 3.05) is 25.6 Å². The van der Waals surface area contributed by atoms with Crippen molar-refractivity contribution in [1.29, 1.82) is 0 Å². The van der Waals surface area contributed by atoms with Crippen LogP contribution in [0, 0.1) is 5.92 Å². The highest BCUT2D eigenvalue weighted by Gasteiger charge is 2.46. The van der Waals surface area contributed by atoms with Crippen LogP contribution >= 0.6 is 15.6 Å². The SMILES string of the molecule is CC/C=C\C(O)C/C=C/C=C\C/C=C\C/C=C\CCCC(=O)OC[C@H](COP(=O)(O)OP(=O)(O)OC[C@H]1O[C@@H](n2ccc(N)nc2=O)[C@H](O)[C@@H]1O)OC(=O)CCCCCCCCCCCCCCCCCCCCC(C)CC. The smallest absolute Gasteiger partial charge is 0.462 e. The molecule has 4 unspecified atom stereocenters. The molecule has 1 aliphatic heterocycles. The minimum Gasteiger partial charge on any atom is -0.462 e. The minimum absolute atomic E-state index is 0.0302. The van der Waals surface area contributed by atoms with Gasteiger partial charge < -0.3 is 45.1 Å². The molecule has 446 valence electrons. The van der Waals surface area contributed by atoms with E-state index < -0.39 is 89.8 Å². The molecule has 21 heteroatoms. The molecule has 0 spiro atoms. The van der Waals surface area contributed by atoms with E-state index in [1.54, 1.807) is 6.08 Å². The lowest BCUT2D eigenvalue weighted by atomic mass is 9.99. The van der Waals surface area contributed by atoms with Gasteiger partial charge in [0.2, 0.25) is 0 Å². The number of nitrogen functional groups attached to an aromatic ring is 1. The summed E-state index contributed by atoms with van der Waals surface area (Å²) >= 11 is 0. The van der Waals surface area contributed by atoms with Gasteiger partial charge in [0.1, 0.15) is 30.7 Å². The Kier molecular flexibility index (Phi) is 39.1. The van der Waals surface area contributed by atoms with Crippen LogP contribution in [0.4, 0.5) is 5.82 Å². The number of carbonyl (C=O) groups excluding carboxylic acids is 2. The van der Waals surface area contributed by atoms with E-state index in [-0.39, 0.29) is 18.7 Å². The lowest BCUT2D eigenvalue weighted by molar-refractivity contribution is -0.161. The molecule has 0 amide bonds. The van der Waals surface area contributed by atoms with Crippen molar-refractivity contribution >= 4 is 33.4 Å². The van der Waals surface area contributed by atoms with E-state index in [1.807, 2.05) is 61.6 Å². The molecule has 2 rings (SSSR count). The zero-order valence-electron chi connectivity index (χ0n) is 47.0. The molecule has 78 heavy (non-hydrogen) atoms. The molecule has 0 radical (unpaired) electrons. The Balaban J connectivity index is 1.77. The second-order valence-corrected chi connectivity index (χ2v) is 23.3. The number of aliphatic hydroxyl groups is 3. The summed E-state index contributed by atoms with van der Waals surface area (Å²) in [6.07, 6.45) is 40.6. The maximum Gasteiger partial charge on any atom is 0.481 e. The van der Waals surface area contributed by atoms with Crippen LogP contribution in [0.15, 0.2) is 77.8 Å². The molecule has 1 fully saturated rings. The number of hydrogen-bond acceptors (Lipinski definition) is 16. The third-order valence-corrected chi connectivity index (χ3v) is 15.8. The van der Waals surface area contributed by atoms with Gasteiger partial charge in [0.25, 0.3) is 0 Å². The second-order valence-electron chi connectivity index (χ2n) is 20.2. The zero-order chi connectivity index (χ0) is 57.3. The third kappa shape index (κ3) is 35.2. The van der Waals surface area contributed by atoms with Crippen LogP contribution < -0.4 is 11.4 Å². The van der Waals surface area contributed by atoms with Gasteiger partial charge in [-0.2, -0.15) is 9.29 Å². The quantitative estimate of drug-likeness (QED) is 0.0116. The van der Waals surface area contributed by atoms with E-state index in [0.29, 0.717) is 32.1 Å². The summed E-state index contributed by atoms with van der Waals surface area (Å²) < 4.78 is 56.9. The highest BCUT2D eigenvalue weighted by molar-refractivity contribution is 7.61. The van der Waals surface area contributed by atoms with Crippen molar-refractivity contribution in [3.63, 3.8) is 0 Å². The van der Waals surface area contributed by atoms with Gasteiger partial charge in [0, 0.05) is 19.0 Å². The fourth-order valence-electron chi connectivity index (χ4n) is 8.41. The number of phosphoric acid groups is 2. The fraction of sp³-hybridized carbons (Fsp3) is 0.719. The first-order valence-electron chi connectivity index (χ1n) is 28.8. The van der Waals surface area contributed by atoms with E-state index >= 15 is 0 Å². The number of allylic oxidation sites excluding steroid dienone is 8. The minimum atomic E-state index is -5.45. The maximum absolute atomic E-state index is 12.9. The number of carbonyl (C=O) groups is 2. The highest BCUT2D eigenvalue weighted by Crippen LogP contribution is 2.60. The molecule has 1 saturated heterocycles. The van der Waals surface area contributed by atoms with Crippen LogP contribution in [-0.2, 0) is 46.3 Å². The molecule has 0 aliphatic carbocycles. The lowest BCUT2D eigenvalue weighted by Gasteiger charge is -2.21. The van der Waals surface area contributed by atoms with Gasteiger partial charge in [-0.3, -0.25) is 23.2 Å². The van der Waals surface area contributed by atoms with Gasteiger partial charge in [0.15, 0.2) is 12.3 Å². The average molecular weight is 1140 g/mol. The van der Waals surface area contributed by atoms with Crippen molar-refractivity contribution in [3.05, 3.63) is 83.5 Å². The standard InChI is InChI=1S/C57H97N3O16P2/c1-4-6-38-48(61)39-34-30-26-22-18-15-16-19-23-27-31-35-40-52(62)71-44-49(74-53(63)41-36-32-28-24-20-14-12-10-8-7-9-11-13-17-21-25-29-33-37-47(3)5-2)45-72-77(67,68)76-78(69,70)73-46-50-54(64)55(65)56(75-50)60-43-42-51(58)59-57(60)66/h6,15-16,22-23,26-27,30,34,38,42-43,47-50,54-56,61,64-65H,4-5,7-14,17-21,24-25,28-29,31-33,35-37,39-41,44-46H2,1-3H3,(H,67,68)(H,69,70)(H2,58,59,66)/b16-15-,26-22-,27-23-,34-30+,38-6-/t47?,48?,49-,50-,54-,55-,56-/m1/s1. The monoisotopic (exact) mass is 1140 g/mol. The number of unbranched alkanes of at least 4 members (excludes halogenated alkanes) is 18. The van der Waals surface area contributed by atoms with Crippen LogP contribution in [0.1, 0.15) is 207 Å². The van der Waals surface area contributed by atoms with Crippen LogP contribution in [0.2, 0.25) is 0 Å². The summed E-state index contributed by atoms with van der Waals surface area (Å²) in [6.45, 7) is 4.26. The molecule has 1 aromatic heterocycles. The first-order chi connectivity index (χ1) is 37.5. The number of nitrogens with zero attached hydrogens (tertiary/aromatic N) is 2. The van der Waals surface area contributed by atoms with Gasteiger partial charge >= 0.3 is 33.3 Å². The van der Waals surface area contributed by atoms with Crippen LogP contribution in [0.25, 0.3) is 0 Å². The van der Waals surface area contributed by atoms with Crippen molar-refractivity contribution < 1.29 is 71.4 Å². The number of rotatable bonds is 47. The van der Waals surface area contributed by atoms with Gasteiger partial charge in [-0.15, -0.1) is 0 Å². The summed E-state index contributed by atoms with van der Waals surface area (Å²) in [5.74, 6) is -0.522. The summed E-state index contributed by atoms with van der Waals surface area (Å²) in [5, 5.41) is 30.8. The molecular weight excluding hydrogens is 1040 g/mol. The summed E-state index contributed by atoms with van der Waals surface area (Å²) in [7, 11) is -10.9. The molecule has 0 saturated carbocycles. The van der Waals surface area contributed by atoms with E-state index in [9.17, 15) is 48.6 Å². The van der Waals surface area contributed by atoms with Gasteiger partial charge in [-0.25, -0.2) is 13.9 Å². The molecular formula is C57H97N3O16P2. The predicted molar refractivity (Wildman–Crippen MR) is 304 cm³/mol. The number of anilines is 1. The summed E-state index contributed by atoms with van der Waals surface area (Å²) in [5.41, 5.74) is 4.59. The van der Waals surface area contributed by atoms with Crippen molar-refractivity contribution in [2.45, 2.75) is 237 Å². The van der Waals surface area contributed by atoms with E-state index in [0.717, 1.165) is 55.2 Å². The number of hydrogen-bond donors (Lipinski definition) is 6. The maximum atomic E-state index is 12.9. The second kappa shape index (κ2) is 43.2. The van der Waals surface area contributed by atoms with Gasteiger partial charge in [0.05, 0.1) is 19.3 Å². The number of esters is 2. The first-order valence-corrected chi connectivity index (χ1v) is 31.8. The Morgan fingerprint density at radius 2 is 1.28 bits per heavy atom. The number of nitrogens with two attached hydrogens (primary N) is 1. The Bertz CT molecular complexity index is 2080. The largest absolute Gasteiger partial charge is 0.481 e. The Morgan fingerprint density at radius 1 is 0.731 bits per heavy atom. The molecule has 9 atom stereocenters. The van der Waals surface area contributed by atoms with Crippen LogP contribution in [0.3, 0.4) is 0 Å². The van der Waals surface area contributed by atoms with Crippen molar-refractivity contribution in [2.24, 2.45) is 5.92 Å². The van der Waals surface area contributed by atoms with Crippen LogP contribution in [-0.4, -0.2) is 96.9 Å². The van der Waals surface area contributed by atoms with Gasteiger partial charge in [-0.1, -0.05) is 204 Å². The Morgan fingerprint density at radius 3 is 1.88 bits per heavy atom.